The third kappa shape index (κ3) is 2.61. The molecule has 0 fully saturated rings. The number of para-hydroxylation sites is 1. The van der Waals surface area contributed by atoms with E-state index in [1.165, 1.54) is 0 Å². The van der Waals surface area contributed by atoms with Gasteiger partial charge in [0.15, 0.2) is 5.82 Å². The number of ether oxygens (including phenoxy) is 1. The largest absolute Gasteiger partial charge is 0.496 e. The number of nitrogens with zero attached hydrogens (tertiary/aromatic N) is 2. The first kappa shape index (κ1) is 14.3. The number of rotatable bonds is 2. The predicted molar refractivity (Wildman–Crippen MR) is 91.3 cm³/mol. The second kappa shape index (κ2) is 5.61. The van der Waals surface area contributed by atoms with Crippen LogP contribution < -0.4 is 10.5 Å². The highest BCUT2D eigenvalue weighted by Gasteiger charge is 2.13. The van der Waals surface area contributed by atoms with E-state index in [1.54, 1.807) is 7.11 Å². The van der Waals surface area contributed by atoms with Gasteiger partial charge in [-0.2, -0.15) is 0 Å². The molecule has 0 amide bonds. The average molecular weight is 409 g/mol. The summed E-state index contributed by atoms with van der Waals surface area (Å²) < 4.78 is 7.14. The van der Waals surface area contributed by atoms with Gasteiger partial charge in [-0.1, -0.05) is 28.1 Å². The Kier molecular flexibility index (Phi) is 3.82. The minimum Gasteiger partial charge on any atom is -0.496 e. The molecule has 3 aromatic rings. The van der Waals surface area contributed by atoms with Crippen molar-refractivity contribution in [1.82, 2.24) is 9.97 Å². The zero-order valence-corrected chi connectivity index (χ0v) is 14.3. The molecule has 3 rings (SSSR count). The smallest absolute Gasteiger partial charge is 0.165 e. The Balaban J connectivity index is 2.30. The molecule has 0 radical (unpaired) electrons. The predicted octanol–water partition coefficient (Wildman–Crippen LogP) is 4.41. The molecule has 0 spiro atoms. The number of anilines is 1. The maximum absolute atomic E-state index is 6.09. The standard InChI is InChI=1S/C15H11Br2N3O/c1-21-12-5-3-2-4-9(12)15-19-13-10(14(18)20-15)6-8(16)7-11(13)17/h2-7H,1H3,(H2,18,19,20). The summed E-state index contributed by atoms with van der Waals surface area (Å²) in [6.07, 6.45) is 0. The highest BCUT2D eigenvalue weighted by atomic mass is 79.9. The van der Waals surface area contributed by atoms with Crippen molar-refractivity contribution < 1.29 is 4.74 Å². The van der Waals surface area contributed by atoms with Gasteiger partial charge in [-0.15, -0.1) is 0 Å². The molecule has 0 unspecified atom stereocenters. The molecule has 1 heterocycles. The molecular weight excluding hydrogens is 398 g/mol. The van der Waals surface area contributed by atoms with Gasteiger partial charge in [0.2, 0.25) is 0 Å². The molecule has 4 nitrogen and oxygen atoms in total. The minimum absolute atomic E-state index is 0.433. The van der Waals surface area contributed by atoms with Gasteiger partial charge in [-0.25, -0.2) is 9.97 Å². The Labute approximate surface area is 138 Å². The second-order valence-corrected chi connectivity index (χ2v) is 6.19. The fourth-order valence-corrected chi connectivity index (χ4v) is 3.44. The van der Waals surface area contributed by atoms with Crippen LogP contribution in [0.3, 0.4) is 0 Å². The van der Waals surface area contributed by atoms with Crippen LogP contribution in [0.2, 0.25) is 0 Å². The van der Waals surface area contributed by atoms with Crippen molar-refractivity contribution in [3.63, 3.8) is 0 Å². The number of benzene rings is 2. The fourth-order valence-electron chi connectivity index (χ4n) is 2.13. The number of fused-ring (bicyclic) bond motifs is 1. The molecule has 2 N–H and O–H groups in total. The summed E-state index contributed by atoms with van der Waals surface area (Å²) >= 11 is 6.96. The van der Waals surface area contributed by atoms with Crippen LogP contribution in [0.5, 0.6) is 5.75 Å². The van der Waals surface area contributed by atoms with E-state index in [2.05, 4.69) is 41.8 Å². The van der Waals surface area contributed by atoms with Crippen molar-refractivity contribution in [3.05, 3.63) is 45.3 Å². The average Bonchev–Trinajstić information content (AvgIpc) is 2.48. The topological polar surface area (TPSA) is 61.0 Å². The van der Waals surface area contributed by atoms with Crippen LogP contribution in [-0.4, -0.2) is 17.1 Å². The molecule has 0 aliphatic heterocycles. The molecule has 1 aromatic heterocycles. The molecule has 2 aromatic carbocycles. The van der Waals surface area contributed by atoms with E-state index in [9.17, 15) is 0 Å². The van der Waals surface area contributed by atoms with Gasteiger partial charge in [-0.05, 0) is 40.2 Å². The number of hydrogen-bond donors (Lipinski definition) is 1. The number of aromatic nitrogens is 2. The first-order valence-corrected chi connectivity index (χ1v) is 7.74. The number of methoxy groups -OCH3 is 1. The highest BCUT2D eigenvalue weighted by Crippen LogP contribution is 2.33. The number of halogens is 2. The van der Waals surface area contributed by atoms with Crippen LogP contribution >= 0.6 is 31.9 Å². The fraction of sp³-hybridized carbons (Fsp3) is 0.0667. The van der Waals surface area contributed by atoms with Gasteiger partial charge >= 0.3 is 0 Å². The van der Waals surface area contributed by atoms with E-state index in [0.29, 0.717) is 17.4 Å². The lowest BCUT2D eigenvalue weighted by atomic mass is 10.1. The lowest BCUT2D eigenvalue weighted by molar-refractivity contribution is 0.416. The lowest BCUT2D eigenvalue weighted by Crippen LogP contribution is -1.99. The first-order chi connectivity index (χ1) is 10.1. The summed E-state index contributed by atoms with van der Waals surface area (Å²) in [6, 6.07) is 11.4. The van der Waals surface area contributed by atoms with Crippen LogP contribution in [0.15, 0.2) is 45.3 Å². The Bertz CT molecular complexity index is 837. The zero-order valence-electron chi connectivity index (χ0n) is 11.1. The molecule has 0 bridgehead atoms. The zero-order chi connectivity index (χ0) is 15.0. The Morgan fingerprint density at radius 1 is 1.10 bits per heavy atom. The Morgan fingerprint density at radius 2 is 1.86 bits per heavy atom. The van der Waals surface area contributed by atoms with Crippen molar-refractivity contribution in [2.45, 2.75) is 0 Å². The van der Waals surface area contributed by atoms with E-state index in [1.807, 2.05) is 36.4 Å². The number of nitrogen functional groups attached to an aromatic ring is 1. The molecule has 106 valence electrons. The second-order valence-electron chi connectivity index (χ2n) is 4.42. The van der Waals surface area contributed by atoms with Crippen LogP contribution in [-0.2, 0) is 0 Å². The molecule has 6 heteroatoms. The van der Waals surface area contributed by atoms with Gasteiger partial charge in [-0.3, -0.25) is 0 Å². The van der Waals surface area contributed by atoms with E-state index >= 15 is 0 Å². The maximum atomic E-state index is 6.09. The maximum Gasteiger partial charge on any atom is 0.165 e. The quantitative estimate of drug-likeness (QED) is 0.682. The Hall–Kier alpha value is -1.66. The van der Waals surface area contributed by atoms with Gasteiger partial charge < -0.3 is 10.5 Å². The van der Waals surface area contributed by atoms with Crippen LogP contribution in [0.1, 0.15) is 0 Å². The third-order valence-electron chi connectivity index (χ3n) is 3.10. The van der Waals surface area contributed by atoms with Gasteiger partial charge in [0, 0.05) is 14.3 Å². The van der Waals surface area contributed by atoms with Gasteiger partial charge in [0.05, 0.1) is 18.2 Å². The normalized spacial score (nSPS) is 10.8. The van der Waals surface area contributed by atoms with E-state index in [0.717, 1.165) is 25.4 Å². The number of nitrogens with two attached hydrogens (primary N) is 1. The SMILES string of the molecule is COc1ccccc1-c1nc(N)c2cc(Br)cc(Br)c2n1. The van der Waals surface area contributed by atoms with E-state index in [4.69, 9.17) is 10.5 Å². The molecule has 0 aliphatic rings. The molecule has 21 heavy (non-hydrogen) atoms. The first-order valence-electron chi connectivity index (χ1n) is 6.16. The molecule has 0 aliphatic carbocycles. The van der Waals surface area contributed by atoms with Crippen molar-refractivity contribution in [2.24, 2.45) is 0 Å². The van der Waals surface area contributed by atoms with Crippen molar-refractivity contribution in [2.75, 3.05) is 12.8 Å². The summed E-state index contributed by atoms with van der Waals surface area (Å²) in [7, 11) is 1.62. The summed E-state index contributed by atoms with van der Waals surface area (Å²) in [5.74, 6) is 1.69. The molecule has 0 atom stereocenters. The van der Waals surface area contributed by atoms with Gasteiger partial charge in [0.1, 0.15) is 11.6 Å². The monoisotopic (exact) mass is 407 g/mol. The third-order valence-corrected chi connectivity index (χ3v) is 4.16. The summed E-state index contributed by atoms with van der Waals surface area (Å²) in [5, 5.41) is 0.801. The van der Waals surface area contributed by atoms with E-state index in [-0.39, 0.29) is 0 Å². The molecule has 0 saturated carbocycles. The van der Waals surface area contributed by atoms with Crippen molar-refractivity contribution >= 4 is 48.6 Å². The van der Waals surface area contributed by atoms with Gasteiger partial charge in [0.25, 0.3) is 0 Å². The van der Waals surface area contributed by atoms with Crippen molar-refractivity contribution in [1.29, 1.82) is 0 Å². The van der Waals surface area contributed by atoms with Crippen LogP contribution in [0.4, 0.5) is 5.82 Å². The van der Waals surface area contributed by atoms with Crippen LogP contribution in [0, 0.1) is 0 Å². The minimum atomic E-state index is 0.433. The highest BCUT2D eigenvalue weighted by molar-refractivity contribution is 9.11. The molecule has 0 saturated heterocycles. The molecular formula is C15H11Br2N3O. The Morgan fingerprint density at radius 3 is 2.62 bits per heavy atom. The van der Waals surface area contributed by atoms with Crippen LogP contribution in [0.25, 0.3) is 22.3 Å². The summed E-state index contributed by atoms with van der Waals surface area (Å²) in [4.78, 5) is 9.02. The van der Waals surface area contributed by atoms with Crippen molar-refractivity contribution in [3.8, 4) is 17.1 Å². The number of hydrogen-bond acceptors (Lipinski definition) is 4. The van der Waals surface area contributed by atoms with E-state index < -0.39 is 0 Å². The summed E-state index contributed by atoms with van der Waals surface area (Å²) in [5.41, 5.74) is 7.67. The summed E-state index contributed by atoms with van der Waals surface area (Å²) in [6.45, 7) is 0. The lowest BCUT2D eigenvalue weighted by Gasteiger charge is -2.10.